The number of hydrogen-bond donors (Lipinski definition) is 1. The maximum Gasteiger partial charge on any atom is 0.127 e. The van der Waals surface area contributed by atoms with Gasteiger partial charge in [0.2, 0.25) is 0 Å². The minimum Gasteiger partial charge on any atom is -0.324 e. The first-order valence-corrected chi connectivity index (χ1v) is 3.95. The number of aromatic nitrogens is 2. The van der Waals surface area contributed by atoms with E-state index in [1.54, 1.807) is 0 Å². The lowest BCUT2D eigenvalue weighted by atomic mass is 10.3. The summed E-state index contributed by atoms with van der Waals surface area (Å²) in [6.07, 6.45) is 1.98. The Bertz CT molecular complexity index is 403. The Balaban J connectivity index is 2.82. The summed E-state index contributed by atoms with van der Waals surface area (Å²) in [7, 11) is 0. The first-order valence-electron chi connectivity index (χ1n) is 3.95. The van der Waals surface area contributed by atoms with E-state index < -0.39 is 0 Å². The lowest BCUT2D eigenvalue weighted by Gasteiger charge is -1.95. The first kappa shape index (κ1) is 7.31. The molecule has 0 aliphatic heterocycles. The van der Waals surface area contributed by atoms with Crippen molar-refractivity contribution in [3.05, 3.63) is 35.9 Å². The van der Waals surface area contributed by atoms with Crippen LogP contribution in [0.4, 0.5) is 0 Å². The highest BCUT2D eigenvalue weighted by atomic mass is 15.0. The summed E-state index contributed by atoms with van der Waals surface area (Å²) >= 11 is 0. The highest BCUT2D eigenvalue weighted by Crippen LogP contribution is 2.10. The molecule has 0 amide bonds. The van der Waals surface area contributed by atoms with Gasteiger partial charge in [0, 0.05) is 6.20 Å². The fourth-order valence-electron chi connectivity index (χ4n) is 1.41. The molecule has 2 aromatic rings. The molecule has 2 heterocycles. The number of fused-ring (bicyclic) bond motifs is 1. The largest absolute Gasteiger partial charge is 0.324 e. The average Bonchev–Trinajstić information content (AvgIpc) is 2.44. The SMILES string of the molecule is Cc1nc(CN)n2ccccc12. The fraction of sp³-hybridized carbons (Fsp3) is 0.222. The van der Waals surface area contributed by atoms with Gasteiger partial charge in [-0.05, 0) is 19.1 Å². The molecule has 2 aromatic heterocycles. The summed E-state index contributed by atoms with van der Waals surface area (Å²) in [6, 6.07) is 6.03. The summed E-state index contributed by atoms with van der Waals surface area (Å²) in [5.41, 5.74) is 7.72. The van der Waals surface area contributed by atoms with Gasteiger partial charge in [0.15, 0.2) is 0 Å². The topological polar surface area (TPSA) is 43.3 Å². The van der Waals surface area contributed by atoms with Gasteiger partial charge in [-0.15, -0.1) is 0 Å². The van der Waals surface area contributed by atoms with Crippen LogP contribution in [-0.4, -0.2) is 9.38 Å². The molecular formula is C9H11N3. The van der Waals surface area contributed by atoms with Crippen molar-refractivity contribution < 1.29 is 0 Å². The van der Waals surface area contributed by atoms with Crippen LogP contribution in [-0.2, 0) is 6.54 Å². The van der Waals surface area contributed by atoms with E-state index in [0.29, 0.717) is 6.54 Å². The Kier molecular flexibility index (Phi) is 1.59. The predicted molar refractivity (Wildman–Crippen MR) is 47.8 cm³/mol. The van der Waals surface area contributed by atoms with Crippen LogP contribution in [0.5, 0.6) is 0 Å². The van der Waals surface area contributed by atoms with E-state index in [0.717, 1.165) is 17.0 Å². The van der Waals surface area contributed by atoms with Gasteiger partial charge in [0.25, 0.3) is 0 Å². The van der Waals surface area contributed by atoms with E-state index in [1.807, 2.05) is 35.7 Å². The molecule has 2 N–H and O–H groups in total. The molecule has 0 saturated carbocycles. The van der Waals surface area contributed by atoms with E-state index in [2.05, 4.69) is 4.98 Å². The van der Waals surface area contributed by atoms with E-state index in [1.165, 1.54) is 0 Å². The summed E-state index contributed by atoms with van der Waals surface area (Å²) in [4.78, 5) is 4.35. The van der Waals surface area contributed by atoms with Gasteiger partial charge in [-0.1, -0.05) is 6.07 Å². The van der Waals surface area contributed by atoms with Crippen molar-refractivity contribution in [1.82, 2.24) is 9.38 Å². The second kappa shape index (κ2) is 2.60. The zero-order valence-electron chi connectivity index (χ0n) is 6.99. The molecular weight excluding hydrogens is 150 g/mol. The highest BCUT2D eigenvalue weighted by molar-refractivity contribution is 5.52. The summed E-state index contributed by atoms with van der Waals surface area (Å²) < 4.78 is 2.02. The van der Waals surface area contributed by atoms with Gasteiger partial charge >= 0.3 is 0 Å². The second-order valence-electron chi connectivity index (χ2n) is 2.77. The number of hydrogen-bond acceptors (Lipinski definition) is 2. The van der Waals surface area contributed by atoms with Crippen molar-refractivity contribution in [3.8, 4) is 0 Å². The quantitative estimate of drug-likeness (QED) is 0.680. The first-order chi connectivity index (χ1) is 5.83. The molecule has 0 aliphatic rings. The summed E-state index contributed by atoms with van der Waals surface area (Å²) in [6.45, 7) is 2.48. The molecule has 62 valence electrons. The van der Waals surface area contributed by atoms with Gasteiger partial charge in [0.05, 0.1) is 17.8 Å². The van der Waals surface area contributed by atoms with Crippen molar-refractivity contribution in [2.45, 2.75) is 13.5 Å². The maximum atomic E-state index is 5.55. The van der Waals surface area contributed by atoms with Crippen molar-refractivity contribution in [2.75, 3.05) is 0 Å². The highest BCUT2D eigenvalue weighted by Gasteiger charge is 2.03. The zero-order valence-corrected chi connectivity index (χ0v) is 6.99. The van der Waals surface area contributed by atoms with Crippen molar-refractivity contribution in [3.63, 3.8) is 0 Å². The normalized spacial score (nSPS) is 10.8. The monoisotopic (exact) mass is 161 g/mol. The van der Waals surface area contributed by atoms with Gasteiger partial charge in [0.1, 0.15) is 5.82 Å². The standard InChI is InChI=1S/C9H11N3/c1-7-8-4-2-3-5-12(8)9(6-10)11-7/h2-5H,6,10H2,1H3. The van der Waals surface area contributed by atoms with Crippen LogP contribution in [0.15, 0.2) is 24.4 Å². The summed E-state index contributed by atoms with van der Waals surface area (Å²) in [5, 5.41) is 0. The van der Waals surface area contributed by atoms with Crippen molar-refractivity contribution in [1.29, 1.82) is 0 Å². The molecule has 0 fully saturated rings. The zero-order chi connectivity index (χ0) is 8.55. The van der Waals surface area contributed by atoms with Crippen molar-refractivity contribution in [2.24, 2.45) is 5.73 Å². The van der Waals surface area contributed by atoms with Crippen LogP contribution in [0.2, 0.25) is 0 Å². The minimum absolute atomic E-state index is 0.485. The Morgan fingerprint density at radius 2 is 2.33 bits per heavy atom. The molecule has 0 spiro atoms. The van der Waals surface area contributed by atoms with Gasteiger partial charge < -0.3 is 10.1 Å². The average molecular weight is 161 g/mol. The van der Waals surface area contributed by atoms with Crippen LogP contribution in [0, 0.1) is 6.92 Å². The van der Waals surface area contributed by atoms with E-state index >= 15 is 0 Å². The van der Waals surface area contributed by atoms with Gasteiger partial charge in [-0.25, -0.2) is 4.98 Å². The predicted octanol–water partition coefficient (Wildman–Crippen LogP) is 1.10. The lowest BCUT2D eigenvalue weighted by molar-refractivity contribution is 0.899. The smallest absolute Gasteiger partial charge is 0.127 e. The molecule has 2 rings (SSSR count). The third-order valence-corrected chi connectivity index (χ3v) is 1.99. The number of nitrogens with two attached hydrogens (primary N) is 1. The number of nitrogens with zero attached hydrogens (tertiary/aromatic N) is 2. The van der Waals surface area contributed by atoms with Crippen LogP contribution in [0.1, 0.15) is 11.5 Å². The molecule has 0 saturated heterocycles. The molecule has 0 aromatic carbocycles. The van der Waals surface area contributed by atoms with Crippen LogP contribution >= 0.6 is 0 Å². The Morgan fingerprint density at radius 1 is 1.50 bits per heavy atom. The molecule has 3 nitrogen and oxygen atoms in total. The molecule has 12 heavy (non-hydrogen) atoms. The maximum absolute atomic E-state index is 5.55. The molecule has 0 radical (unpaired) electrons. The number of rotatable bonds is 1. The Morgan fingerprint density at radius 3 is 3.08 bits per heavy atom. The third kappa shape index (κ3) is 0.905. The van der Waals surface area contributed by atoms with Gasteiger partial charge in [-0.3, -0.25) is 0 Å². The second-order valence-corrected chi connectivity index (χ2v) is 2.77. The molecule has 0 bridgehead atoms. The van der Waals surface area contributed by atoms with Crippen LogP contribution in [0.25, 0.3) is 5.52 Å². The molecule has 0 unspecified atom stereocenters. The number of pyridine rings is 1. The van der Waals surface area contributed by atoms with Crippen LogP contribution in [0.3, 0.4) is 0 Å². The summed E-state index contributed by atoms with van der Waals surface area (Å²) in [5.74, 6) is 0.920. The molecule has 0 atom stereocenters. The fourth-order valence-corrected chi connectivity index (χ4v) is 1.41. The lowest BCUT2D eigenvalue weighted by Crippen LogP contribution is -2.01. The molecule has 3 heteroatoms. The number of aryl methyl sites for hydroxylation is 1. The third-order valence-electron chi connectivity index (χ3n) is 1.99. The van der Waals surface area contributed by atoms with E-state index in [4.69, 9.17) is 5.73 Å². The number of imidazole rings is 1. The Hall–Kier alpha value is -1.35. The molecule has 0 aliphatic carbocycles. The van der Waals surface area contributed by atoms with E-state index in [-0.39, 0.29) is 0 Å². The minimum atomic E-state index is 0.485. The Labute approximate surface area is 70.8 Å². The van der Waals surface area contributed by atoms with E-state index in [9.17, 15) is 0 Å². The van der Waals surface area contributed by atoms with Crippen molar-refractivity contribution >= 4 is 5.52 Å². The van der Waals surface area contributed by atoms with Crippen LogP contribution < -0.4 is 5.73 Å². The van der Waals surface area contributed by atoms with Gasteiger partial charge in [-0.2, -0.15) is 0 Å².